The van der Waals surface area contributed by atoms with E-state index in [1.165, 1.54) is 42.5 Å². The van der Waals surface area contributed by atoms with Crippen molar-refractivity contribution in [3.8, 4) is 11.3 Å². The maximum atomic E-state index is 14.1. The van der Waals surface area contributed by atoms with Gasteiger partial charge in [0.25, 0.3) is 11.6 Å². The van der Waals surface area contributed by atoms with E-state index in [-0.39, 0.29) is 22.0 Å². The lowest BCUT2D eigenvalue weighted by Crippen LogP contribution is -2.14. The van der Waals surface area contributed by atoms with Gasteiger partial charge in [-0.3, -0.25) is 4.79 Å². The summed E-state index contributed by atoms with van der Waals surface area (Å²) in [6.07, 6.45) is 0. The predicted octanol–water partition coefficient (Wildman–Crippen LogP) is 5.38. The molecule has 0 fully saturated rings. The van der Waals surface area contributed by atoms with Gasteiger partial charge in [0.1, 0.15) is 11.6 Å². The van der Waals surface area contributed by atoms with Crippen LogP contribution in [0.25, 0.3) is 22.4 Å². The smallest absolute Gasteiger partial charge is 0.259 e. The summed E-state index contributed by atoms with van der Waals surface area (Å²) in [5, 5.41) is 7.01. The Morgan fingerprint density at radius 2 is 1.86 bits per heavy atom. The van der Waals surface area contributed by atoms with Crippen LogP contribution in [0.2, 0.25) is 5.02 Å². The van der Waals surface area contributed by atoms with Crippen molar-refractivity contribution in [1.82, 2.24) is 10.1 Å². The number of amides is 1. The predicted molar refractivity (Wildman–Crippen MR) is 101 cm³/mol. The number of halogens is 3. The van der Waals surface area contributed by atoms with Gasteiger partial charge >= 0.3 is 0 Å². The molecule has 28 heavy (non-hydrogen) atoms. The first-order valence-corrected chi connectivity index (χ1v) is 8.59. The molecule has 0 spiro atoms. The number of anilines is 1. The van der Waals surface area contributed by atoms with Crippen molar-refractivity contribution in [3.63, 3.8) is 0 Å². The molecule has 4 aromatic rings. The first kappa shape index (κ1) is 18.1. The van der Waals surface area contributed by atoms with Crippen molar-refractivity contribution in [3.05, 3.63) is 76.4 Å². The van der Waals surface area contributed by atoms with Crippen LogP contribution < -0.4 is 5.32 Å². The van der Waals surface area contributed by atoms with E-state index in [0.29, 0.717) is 22.3 Å². The van der Waals surface area contributed by atoms with Gasteiger partial charge in [0.15, 0.2) is 0 Å². The quantitative estimate of drug-likeness (QED) is 0.502. The van der Waals surface area contributed by atoms with Gasteiger partial charge < -0.3 is 9.84 Å². The number of carbonyl (C=O) groups is 1. The first-order chi connectivity index (χ1) is 13.4. The third kappa shape index (κ3) is 3.32. The van der Waals surface area contributed by atoms with E-state index in [2.05, 4.69) is 15.5 Å². The van der Waals surface area contributed by atoms with Gasteiger partial charge in [-0.1, -0.05) is 16.8 Å². The lowest BCUT2D eigenvalue weighted by atomic mass is 10.0. The standard InChI is InChI=1S/C20H12ClF2N3O2/c1-10-18-14(19(27)24-16-7-4-12(21)8-15(16)23)9-17(25-20(18)28-26-10)11-2-5-13(22)6-3-11/h2-9H,1H3,(H,24,27). The minimum Gasteiger partial charge on any atom is -0.335 e. The molecule has 140 valence electrons. The topological polar surface area (TPSA) is 68.0 Å². The number of fused-ring (bicyclic) bond motifs is 1. The number of benzene rings is 2. The summed E-state index contributed by atoms with van der Waals surface area (Å²) in [4.78, 5) is 17.2. The van der Waals surface area contributed by atoms with E-state index in [1.807, 2.05) is 0 Å². The molecule has 0 saturated carbocycles. The SMILES string of the molecule is Cc1noc2nc(-c3ccc(F)cc3)cc(C(=O)Nc3ccc(Cl)cc3F)c12. The summed E-state index contributed by atoms with van der Waals surface area (Å²) in [5.74, 6) is -1.62. The van der Waals surface area contributed by atoms with Gasteiger partial charge in [-0.25, -0.2) is 13.8 Å². The highest BCUT2D eigenvalue weighted by atomic mass is 35.5. The monoisotopic (exact) mass is 399 g/mol. The van der Waals surface area contributed by atoms with Crippen molar-refractivity contribution in [2.75, 3.05) is 5.32 Å². The number of rotatable bonds is 3. The van der Waals surface area contributed by atoms with Gasteiger partial charge in [-0.2, -0.15) is 0 Å². The lowest BCUT2D eigenvalue weighted by molar-refractivity contribution is 0.102. The third-order valence-electron chi connectivity index (χ3n) is 4.18. The van der Waals surface area contributed by atoms with Gasteiger partial charge in [-0.05, 0) is 55.5 Å². The van der Waals surface area contributed by atoms with Crippen LogP contribution in [0.1, 0.15) is 16.1 Å². The molecule has 0 saturated heterocycles. The fourth-order valence-electron chi connectivity index (χ4n) is 2.82. The van der Waals surface area contributed by atoms with Gasteiger partial charge in [0.05, 0.1) is 28.0 Å². The van der Waals surface area contributed by atoms with Crippen LogP contribution in [-0.4, -0.2) is 16.0 Å². The van der Waals surface area contributed by atoms with E-state index >= 15 is 0 Å². The summed E-state index contributed by atoms with van der Waals surface area (Å²) in [7, 11) is 0. The normalized spacial score (nSPS) is 11.0. The van der Waals surface area contributed by atoms with Gasteiger partial charge in [0.2, 0.25) is 0 Å². The number of nitrogens with one attached hydrogen (secondary N) is 1. The Labute approximate surface area is 162 Å². The van der Waals surface area contributed by atoms with E-state index in [4.69, 9.17) is 16.1 Å². The van der Waals surface area contributed by atoms with Crippen LogP contribution in [0.5, 0.6) is 0 Å². The summed E-state index contributed by atoms with van der Waals surface area (Å²) in [5.41, 5.74) is 1.79. The lowest BCUT2D eigenvalue weighted by Gasteiger charge is -2.09. The molecule has 0 atom stereocenters. The molecule has 2 aromatic heterocycles. The van der Waals surface area contributed by atoms with Crippen LogP contribution in [0.15, 0.2) is 53.1 Å². The minimum atomic E-state index is -0.660. The highest BCUT2D eigenvalue weighted by molar-refractivity contribution is 6.30. The van der Waals surface area contributed by atoms with Crippen molar-refractivity contribution in [2.45, 2.75) is 6.92 Å². The molecule has 5 nitrogen and oxygen atoms in total. The minimum absolute atomic E-state index is 0.0169. The number of aryl methyl sites for hydroxylation is 1. The number of hydrogen-bond donors (Lipinski definition) is 1. The van der Waals surface area contributed by atoms with E-state index < -0.39 is 17.5 Å². The maximum absolute atomic E-state index is 14.1. The number of pyridine rings is 1. The molecule has 1 N–H and O–H groups in total. The molecule has 0 unspecified atom stereocenters. The molecule has 0 aliphatic heterocycles. The molecule has 4 rings (SSSR count). The molecule has 8 heteroatoms. The highest BCUT2D eigenvalue weighted by Crippen LogP contribution is 2.28. The molecular formula is C20H12ClF2N3O2. The Morgan fingerprint density at radius 1 is 1.11 bits per heavy atom. The fraction of sp³-hybridized carbons (Fsp3) is 0.0500. The zero-order chi connectivity index (χ0) is 19.8. The van der Waals surface area contributed by atoms with Crippen LogP contribution in [-0.2, 0) is 0 Å². The van der Waals surface area contributed by atoms with E-state index in [1.54, 1.807) is 6.92 Å². The third-order valence-corrected chi connectivity index (χ3v) is 4.42. The maximum Gasteiger partial charge on any atom is 0.259 e. The Balaban J connectivity index is 1.81. The Kier molecular flexibility index (Phi) is 4.52. The highest BCUT2D eigenvalue weighted by Gasteiger charge is 2.20. The van der Waals surface area contributed by atoms with Gasteiger partial charge in [0, 0.05) is 10.6 Å². The summed E-state index contributed by atoms with van der Waals surface area (Å²) < 4.78 is 32.5. The van der Waals surface area contributed by atoms with Crippen molar-refractivity contribution in [2.24, 2.45) is 0 Å². The Bertz CT molecular complexity index is 1210. The second kappa shape index (κ2) is 7.01. The largest absolute Gasteiger partial charge is 0.335 e. The molecule has 1 amide bonds. The summed E-state index contributed by atoms with van der Waals surface area (Å²) in [6, 6.07) is 11.1. The second-order valence-corrected chi connectivity index (χ2v) is 6.52. The molecule has 0 aliphatic rings. The van der Waals surface area contributed by atoms with Crippen LogP contribution in [0.3, 0.4) is 0 Å². The van der Waals surface area contributed by atoms with Crippen LogP contribution in [0.4, 0.5) is 14.5 Å². The molecule has 0 radical (unpaired) electrons. The average molecular weight is 400 g/mol. The molecule has 0 aliphatic carbocycles. The fourth-order valence-corrected chi connectivity index (χ4v) is 2.98. The zero-order valence-electron chi connectivity index (χ0n) is 14.5. The molecule has 2 aromatic carbocycles. The summed E-state index contributed by atoms with van der Waals surface area (Å²) in [6.45, 7) is 1.67. The Morgan fingerprint density at radius 3 is 2.57 bits per heavy atom. The first-order valence-electron chi connectivity index (χ1n) is 8.22. The van der Waals surface area contributed by atoms with Crippen molar-refractivity contribution < 1.29 is 18.1 Å². The molecule has 2 heterocycles. The van der Waals surface area contributed by atoms with E-state index in [0.717, 1.165) is 6.07 Å². The van der Waals surface area contributed by atoms with Gasteiger partial charge in [-0.15, -0.1) is 0 Å². The van der Waals surface area contributed by atoms with Crippen molar-refractivity contribution in [1.29, 1.82) is 0 Å². The van der Waals surface area contributed by atoms with Crippen molar-refractivity contribution >= 4 is 34.3 Å². The average Bonchev–Trinajstić information content (AvgIpc) is 3.05. The van der Waals surface area contributed by atoms with Crippen LogP contribution >= 0.6 is 11.6 Å². The molecular weight excluding hydrogens is 388 g/mol. The second-order valence-electron chi connectivity index (χ2n) is 6.09. The number of hydrogen-bond acceptors (Lipinski definition) is 4. The number of carbonyl (C=O) groups excluding carboxylic acids is 1. The Hall–Kier alpha value is -3.32. The van der Waals surface area contributed by atoms with E-state index in [9.17, 15) is 13.6 Å². The molecule has 0 bridgehead atoms. The van der Waals surface area contributed by atoms with Crippen LogP contribution in [0, 0.1) is 18.6 Å². The number of nitrogens with zero attached hydrogens (tertiary/aromatic N) is 2. The summed E-state index contributed by atoms with van der Waals surface area (Å²) >= 11 is 5.75. The zero-order valence-corrected chi connectivity index (χ0v) is 15.2. The number of aromatic nitrogens is 2.